The third-order valence-electron chi connectivity index (χ3n) is 1.05. The number of hydrogen-bond donors (Lipinski definition) is 2. The summed E-state index contributed by atoms with van der Waals surface area (Å²) in [6.45, 7) is 0.547. The van der Waals surface area contributed by atoms with Gasteiger partial charge < -0.3 is 10.8 Å². The molecule has 0 rings (SSSR count). The second kappa shape index (κ2) is 5.61. The van der Waals surface area contributed by atoms with Gasteiger partial charge in [0.25, 0.3) is 5.78 Å². The number of aliphatic carboxylic acids is 1. The Hall–Kier alpha value is -1.16. The van der Waals surface area contributed by atoms with E-state index in [0.717, 1.165) is 12.5 Å². The van der Waals surface area contributed by atoms with Gasteiger partial charge in [-0.1, -0.05) is 6.08 Å². The topological polar surface area (TPSA) is 80.4 Å². The SMILES string of the molecule is NCCC/C=C/C(=O)C(=O)O. The molecular formula is C7H11NO3. The minimum atomic E-state index is -1.42. The molecule has 0 aromatic carbocycles. The highest BCUT2D eigenvalue weighted by molar-refractivity contribution is 6.37. The Morgan fingerprint density at radius 1 is 1.45 bits per heavy atom. The summed E-state index contributed by atoms with van der Waals surface area (Å²) in [5, 5.41) is 8.11. The molecule has 0 amide bonds. The van der Waals surface area contributed by atoms with E-state index in [9.17, 15) is 9.59 Å². The van der Waals surface area contributed by atoms with Crippen LogP contribution in [-0.4, -0.2) is 23.4 Å². The number of unbranched alkanes of at least 4 members (excludes halogenated alkanes) is 1. The monoisotopic (exact) mass is 157 g/mol. The Morgan fingerprint density at radius 3 is 2.55 bits per heavy atom. The van der Waals surface area contributed by atoms with Crippen molar-refractivity contribution in [3.63, 3.8) is 0 Å². The minimum Gasteiger partial charge on any atom is -0.475 e. The van der Waals surface area contributed by atoms with Crippen LogP contribution < -0.4 is 5.73 Å². The molecule has 0 atom stereocenters. The van der Waals surface area contributed by atoms with E-state index < -0.39 is 11.8 Å². The van der Waals surface area contributed by atoms with Crippen molar-refractivity contribution in [2.24, 2.45) is 5.73 Å². The van der Waals surface area contributed by atoms with E-state index in [1.807, 2.05) is 0 Å². The molecule has 0 saturated heterocycles. The van der Waals surface area contributed by atoms with Gasteiger partial charge >= 0.3 is 5.97 Å². The van der Waals surface area contributed by atoms with Crippen LogP contribution in [0.4, 0.5) is 0 Å². The quantitative estimate of drug-likeness (QED) is 0.332. The number of nitrogens with two attached hydrogens (primary N) is 1. The first kappa shape index (κ1) is 9.84. The van der Waals surface area contributed by atoms with Crippen molar-refractivity contribution in [2.75, 3.05) is 6.54 Å². The highest BCUT2D eigenvalue weighted by Crippen LogP contribution is 1.88. The highest BCUT2D eigenvalue weighted by atomic mass is 16.4. The molecule has 0 aliphatic carbocycles. The van der Waals surface area contributed by atoms with Crippen LogP contribution in [0.5, 0.6) is 0 Å². The van der Waals surface area contributed by atoms with Crippen LogP contribution in [0.3, 0.4) is 0 Å². The molecule has 0 spiro atoms. The number of carboxylic acid groups (broad SMARTS) is 1. The van der Waals surface area contributed by atoms with E-state index in [2.05, 4.69) is 0 Å². The molecular weight excluding hydrogens is 146 g/mol. The molecule has 0 aromatic rings. The molecule has 0 fully saturated rings. The fourth-order valence-electron chi connectivity index (χ4n) is 0.497. The van der Waals surface area contributed by atoms with Crippen molar-refractivity contribution in [2.45, 2.75) is 12.8 Å². The van der Waals surface area contributed by atoms with Gasteiger partial charge in [0.2, 0.25) is 0 Å². The van der Waals surface area contributed by atoms with Crippen molar-refractivity contribution in [3.8, 4) is 0 Å². The zero-order chi connectivity index (χ0) is 8.69. The van der Waals surface area contributed by atoms with Gasteiger partial charge in [-0.3, -0.25) is 4.79 Å². The molecule has 0 heterocycles. The maximum atomic E-state index is 10.4. The fraction of sp³-hybridized carbons (Fsp3) is 0.429. The summed E-state index contributed by atoms with van der Waals surface area (Å²) in [6.07, 6.45) is 3.99. The zero-order valence-electron chi connectivity index (χ0n) is 6.12. The van der Waals surface area contributed by atoms with E-state index in [-0.39, 0.29) is 0 Å². The largest absolute Gasteiger partial charge is 0.475 e. The van der Waals surface area contributed by atoms with E-state index in [4.69, 9.17) is 10.8 Å². The summed E-state index contributed by atoms with van der Waals surface area (Å²) in [4.78, 5) is 20.3. The standard InChI is InChI=1S/C7H11NO3/c8-5-3-1-2-4-6(9)7(10)11/h2,4H,1,3,5,8H2,(H,10,11)/b4-2+. The van der Waals surface area contributed by atoms with Crippen molar-refractivity contribution in [3.05, 3.63) is 12.2 Å². The lowest BCUT2D eigenvalue weighted by Crippen LogP contribution is -2.08. The number of allylic oxidation sites excluding steroid dienone is 1. The summed E-state index contributed by atoms with van der Waals surface area (Å²) in [7, 11) is 0. The summed E-state index contributed by atoms with van der Waals surface area (Å²) >= 11 is 0. The molecule has 11 heavy (non-hydrogen) atoms. The van der Waals surface area contributed by atoms with E-state index in [1.165, 1.54) is 6.08 Å². The maximum absolute atomic E-state index is 10.4. The predicted octanol–water partition coefficient (Wildman–Crippen LogP) is -0.0648. The number of carbonyl (C=O) groups is 2. The lowest BCUT2D eigenvalue weighted by molar-refractivity contribution is -0.146. The number of hydrogen-bond acceptors (Lipinski definition) is 3. The summed E-state index contributed by atoms with van der Waals surface area (Å²) < 4.78 is 0. The molecule has 4 heteroatoms. The lowest BCUT2D eigenvalue weighted by atomic mass is 10.2. The van der Waals surface area contributed by atoms with Crippen LogP contribution in [0.2, 0.25) is 0 Å². The molecule has 4 nitrogen and oxygen atoms in total. The van der Waals surface area contributed by atoms with E-state index in [1.54, 1.807) is 0 Å². The fourth-order valence-corrected chi connectivity index (χ4v) is 0.497. The maximum Gasteiger partial charge on any atom is 0.376 e. The molecule has 0 aliphatic rings. The highest BCUT2D eigenvalue weighted by Gasteiger charge is 2.04. The Kier molecular flexibility index (Phi) is 5.02. The second-order valence-electron chi connectivity index (χ2n) is 2.00. The number of carbonyl (C=O) groups excluding carboxylic acids is 1. The molecule has 0 unspecified atom stereocenters. The zero-order valence-corrected chi connectivity index (χ0v) is 6.12. The van der Waals surface area contributed by atoms with Gasteiger partial charge in [-0.25, -0.2) is 4.79 Å². The van der Waals surface area contributed by atoms with Gasteiger partial charge in [0.1, 0.15) is 0 Å². The van der Waals surface area contributed by atoms with Crippen LogP contribution in [0.25, 0.3) is 0 Å². The van der Waals surface area contributed by atoms with Crippen molar-refractivity contribution >= 4 is 11.8 Å². The average molecular weight is 157 g/mol. The Bertz CT molecular complexity index is 175. The Balaban J connectivity index is 3.57. The number of carboxylic acids is 1. The average Bonchev–Trinajstić information content (AvgIpc) is 1.97. The number of ketones is 1. The first-order chi connectivity index (χ1) is 5.18. The van der Waals surface area contributed by atoms with Gasteiger partial charge in [-0.15, -0.1) is 0 Å². The molecule has 0 saturated carbocycles. The summed E-state index contributed by atoms with van der Waals surface area (Å²) in [6, 6.07) is 0. The molecule has 3 N–H and O–H groups in total. The molecule has 62 valence electrons. The van der Waals surface area contributed by atoms with Crippen LogP contribution in [0.15, 0.2) is 12.2 Å². The smallest absolute Gasteiger partial charge is 0.376 e. The predicted molar refractivity (Wildman–Crippen MR) is 40.1 cm³/mol. The van der Waals surface area contributed by atoms with Crippen LogP contribution in [0.1, 0.15) is 12.8 Å². The van der Waals surface area contributed by atoms with Gasteiger partial charge in [0, 0.05) is 0 Å². The third-order valence-corrected chi connectivity index (χ3v) is 1.05. The van der Waals surface area contributed by atoms with Crippen molar-refractivity contribution < 1.29 is 14.7 Å². The Labute approximate surface area is 64.7 Å². The summed E-state index contributed by atoms with van der Waals surface area (Å²) in [5.41, 5.74) is 5.17. The van der Waals surface area contributed by atoms with Gasteiger partial charge in [-0.05, 0) is 25.5 Å². The molecule has 0 radical (unpaired) electrons. The van der Waals surface area contributed by atoms with Crippen LogP contribution in [-0.2, 0) is 9.59 Å². The summed E-state index contributed by atoms with van der Waals surface area (Å²) in [5.74, 6) is -2.31. The third kappa shape index (κ3) is 5.29. The van der Waals surface area contributed by atoms with Crippen molar-refractivity contribution in [1.29, 1.82) is 0 Å². The van der Waals surface area contributed by atoms with E-state index in [0.29, 0.717) is 13.0 Å². The van der Waals surface area contributed by atoms with Crippen LogP contribution >= 0.6 is 0 Å². The van der Waals surface area contributed by atoms with Gasteiger partial charge in [0.05, 0.1) is 0 Å². The minimum absolute atomic E-state index is 0.547. The lowest BCUT2D eigenvalue weighted by Gasteiger charge is -1.87. The normalized spacial score (nSPS) is 10.3. The van der Waals surface area contributed by atoms with Crippen molar-refractivity contribution in [1.82, 2.24) is 0 Å². The second-order valence-corrected chi connectivity index (χ2v) is 2.00. The van der Waals surface area contributed by atoms with E-state index >= 15 is 0 Å². The molecule has 0 aromatic heterocycles. The number of rotatable bonds is 5. The molecule has 0 aliphatic heterocycles. The Morgan fingerprint density at radius 2 is 2.09 bits per heavy atom. The van der Waals surface area contributed by atoms with Crippen LogP contribution in [0, 0.1) is 0 Å². The van der Waals surface area contributed by atoms with Gasteiger partial charge in [0.15, 0.2) is 0 Å². The first-order valence-corrected chi connectivity index (χ1v) is 3.32. The van der Waals surface area contributed by atoms with Gasteiger partial charge in [-0.2, -0.15) is 0 Å². The molecule has 0 bridgehead atoms. The first-order valence-electron chi connectivity index (χ1n) is 3.32.